The van der Waals surface area contributed by atoms with Gasteiger partial charge in [-0.05, 0) is 38.1 Å². The molecule has 0 unspecified atom stereocenters. The van der Waals surface area contributed by atoms with Crippen LogP contribution in [0.5, 0.6) is 0 Å². The van der Waals surface area contributed by atoms with E-state index in [1.165, 1.54) is 9.20 Å². The Morgan fingerprint density at radius 2 is 1.80 bits per heavy atom. The van der Waals surface area contributed by atoms with Crippen molar-refractivity contribution in [2.24, 2.45) is 10.2 Å². The minimum Gasteiger partial charge on any atom is -0.422 e. The van der Waals surface area contributed by atoms with Crippen molar-refractivity contribution in [3.63, 3.8) is 0 Å². The van der Waals surface area contributed by atoms with E-state index in [9.17, 15) is 9.59 Å². The normalized spacial score (nSPS) is 11.8. The molecule has 6 aromatic rings. The SMILES string of the molecule is Cc1ccc(N=Nc2c(C)[nH]n(-c3nnc4sc(-c5cc6ccccc6oc5=O)nn34)c2=O)cc1. The van der Waals surface area contributed by atoms with E-state index in [0.717, 1.165) is 22.3 Å². The maximum atomic E-state index is 13.1. The Kier molecular flexibility index (Phi) is 4.74. The van der Waals surface area contributed by atoms with Crippen molar-refractivity contribution in [3.05, 3.63) is 86.6 Å². The lowest BCUT2D eigenvalue weighted by Crippen LogP contribution is -2.17. The number of rotatable bonds is 4. The summed E-state index contributed by atoms with van der Waals surface area (Å²) < 4.78 is 8.02. The Hall–Kier alpha value is -4.71. The number of nitrogens with one attached hydrogen (secondary N) is 1. The van der Waals surface area contributed by atoms with Gasteiger partial charge in [-0.3, -0.25) is 9.89 Å². The van der Waals surface area contributed by atoms with Crippen LogP contribution in [-0.2, 0) is 0 Å². The molecule has 0 aliphatic carbocycles. The van der Waals surface area contributed by atoms with Gasteiger partial charge in [0.2, 0.25) is 4.96 Å². The molecule has 0 saturated heterocycles. The average Bonchev–Trinajstić information content (AvgIpc) is 3.51. The third-order valence-electron chi connectivity index (χ3n) is 5.39. The largest absolute Gasteiger partial charge is 0.422 e. The highest BCUT2D eigenvalue weighted by Gasteiger charge is 2.21. The molecule has 4 heterocycles. The van der Waals surface area contributed by atoms with E-state index in [1.54, 1.807) is 25.1 Å². The Morgan fingerprint density at radius 3 is 2.63 bits per heavy atom. The first-order valence-corrected chi connectivity index (χ1v) is 11.4. The first kappa shape index (κ1) is 20.9. The third-order valence-corrected chi connectivity index (χ3v) is 6.32. The van der Waals surface area contributed by atoms with Gasteiger partial charge in [0.25, 0.3) is 5.95 Å². The van der Waals surface area contributed by atoms with Gasteiger partial charge in [-0.2, -0.15) is 19.4 Å². The van der Waals surface area contributed by atoms with Crippen LogP contribution in [0.1, 0.15) is 11.3 Å². The molecule has 12 heteroatoms. The molecule has 0 spiro atoms. The number of aromatic nitrogens is 6. The van der Waals surface area contributed by atoms with Crippen LogP contribution in [0.4, 0.5) is 11.4 Å². The Balaban J connectivity index is 1.41. The molecule has 35 heavy (non-hydrogen) atoms. The van der Waals surface area contributed by atoms with Crippen molar-refractivity contribution in [2.45, 2.75) is 13.8 Å². The van der Waals surface area contributed by atoms with Gasteiger partial charge in [0.15, 0.2) is 10.7 Å². The fourth-order valence-electron chi connectivity index (χ4n) is 3.58. The highest BCUT2D eigenvalue weighted by Crippen LogP contribution is 2.26. The number of para-hydroxylation sites is 1. The molecule has 0 saturated carbocycles. The summed E-state index contributed by atoms with van der Waals surface area (Å²) in [4.78, 5) is 26.1. The number of hydrogen-bond acceptors (Lipinski definition) is 9. The van der Waals surface area contributed by atoms with Gasteiger partial charge in [-0.15, -0.1) is 15.3 Å². The summed E-state index contributed by atoms with van der Waals surface area (Å²) in [5.41, 5.74) is 2.21. The van der Waals surface area contributed by atoms with E-state index in [0.29, 0.717) is 32.5 Å². The zero-order valence-corrected chi connectivity index (χ0v) is 19.3. The molecule has 0 radical (unpaired) electrons. The van der Waals surface area contributed by atoms with Gasteiger partial charge in [0.05, 0.1) is 16.9 Å². The van der Waals surface area contributed by atoms with E-state index >= 15 is 0 Å². The molecule has 0 amide bonds. The highest BCUT2D eigenvalue weighted by molar-refractivity contribution is 7.19. The Morgan fingerprint density at radius 1 is 1.00 bits per heavy atom. The summed E-state index contributed by atoms with van der Waals surface area (Å²) >= 11 is 1.16. The number of aromatic amines is 1. The topological polar surface area (TPSA) is 136 Å². The summed E-state index contributed by atoms with van der Waals surface area (Å²) in [6.45, 7) is 3.69. The maximum absolute atomic E-state index is 13.1. The molecule has 172 valence electrons. The summed E-state index contributed by atoms with van der Waals surface area (Å²) in [5.74, 6) is 0.137. The van der Waals surface area contributed by atoms with Gasteiger partial charge >= 0.3 is 11.2 Å². The standard InChI is InChI=1S/C23H16N8O3S/c1-12-7-9-15(10-8-12)24-25-18-13(2)28-30(20(18)32)22-26-27-23-31(22)29-19(35-23)16-11-14-5-3-4-6-17(14)34-21(16)33/h3-11,28H,1-2H3. The van der Waals surface area contributed by atoms with Crippen molar-refractivity contribution >= 4 is 38.6 Å². The van der Waals surface area contributed by atoms with E-state index < -0.39 is 11.2 Å². The van der Waals surface area contributed by atoms with Crippen molar-refractivity contribution in [1.29, 1.82) is 0 Å². The van der Waals surface area contributed by atoms with E-state index in [4.69, 9.17) is 4.42 Å². The lowest BCUT2D eigenvalue weighted by Gasteiger charge is -1.98. The first-order chi connectivity index (χ1) is 17.0. The summed E-state index contributed by atoms with van der Waals surface area (Å²) in [6.07, 6.45) is 0. The predicted molar refractivity (Wildman–Crippen MR) is 130 cm³/mol. The van der Waals surface area contributed by atoms with Crippen LogP contribution in [0.25, 0.3) is 32.4 Å². The highest BCUT2D eigenvalue weighted by atomic mass is 32.1. The first-order valence-electron chi connectivity index (χ1n) is 10.5. The Bertz CT molecular complexity index is 1870. The van der Waals surface area contributed by atoms with Crippen LogP contribution in [0.2, 0.25) is 0 Å². The molecule has 0 aliphatic rings. The molecule has 1 N–H and O–H groups in total. The number of hydrogen-bond donors (Lipinski definition) is 1. The number of nitrogens with zero attached hydrogens (tertiary/aromatic N) is 7. The van der Waals surface area contributed by atoms with Crippen LogP contribution < -0.4 is 11.2 Å². The molecule has 4 aromatic heterocycles. The zero-order chi connectivity index (χ0) is 24.1. The monoisotopic (exact) mass is 484 g/mol. The molecule has 0 bridgehead atoms. The number of azo groups is 1. The van der Waals surface area contributed by atoms with E-state index in [2.05, 4.69) is 30.6 Å². The van der Waals surface area contributed by atoms with E-state index in [1.807, 2.05) is 43.3 Å². The molecule has 0 fully saturated rings. The van der Waals surface area contributed by atoms with Crippen LogP contribution in [-0.4, -0.2) is 29.6 Å². The van der Waals surface area contributed by atoms with Gasteiger partial charge in [-0.25, -0.2) is 4.79 Å². The summed E-state index contributed by atoms with van der Waals surface area (Å²) in [5, 5.41) is 25.1. The second-order valence-corrected chi connectivity index (χ2v) is 8.80. The quantitative estimate of drug-likeness (QED) is 0.290. The van der Waals surface area contributed by atoms with Gasteiger partial charge in [0, 0.05) is 5.39 Å². The second-order valence-electron chi connectivity index (χ2n) is 7.85. The van der Waals surface area contributed by atoms with Crippen LogP contribution in [0.15, 0.2) is 78.8 Å². The number of H-pyrrole nitrogens is 1. The van der Waals surface area contributed by atoms with Crippen LogP contribution in [0, 0.1) is 13.8 Å². The minimum absolute atomic E-state index is 0.137. The number of fused-ring (bicyclic) bond motifs is 2. The Labute approximate surface area is 200 Å². The van der Waals surface area contributed by atoms with Crippen LogP contribution >= 0.6 is 11.3 Å². The average molecular weight is 485 g/mol. The fraction of sp³-hybridized carbons (Fsp3) is 0.0870. The molecule has 2 aromatic carbocycles. The van der Waals surface area contributed by atoms with Crippen LogP contribution in [0.3, 0.4) is 0 Å². The third kappa shape index (κ3) is 3.56. The van der Waals surface area contributed by atoms with Gasteiger partial charge in [-0.1, -0.05) is 47.2 Å². The van der Waals surface area contributed by atoms with Crippen molar-refractivity contribution in [3.8, 4) is 16.5 Å². The van der Waals surface area contributed by atoms with Crippen molar-refractivity contribution < 1.29 is 4.42 Å². The summed E-state index contributed by atoms with van der Waals surface area (Å²) in [6, 6.07) is 16.4. The maximum Gasteiger partial charge on any atom is 0.346 e. The molecule has 6 rings (SSSR count). The molecule has 0 aliphatic heterocycles. The molecule has 0 atom stereocenters. The predicted octanol–water partition coefficient (Wildman–Crippen LogP) is 4.47. The molecule has 11 nitrogen and oxygen atoms in total. The lowest BCUT2D eigenvalue weighted by atomic mass is 10.2. The van der Waals surface area contributed by atoms with Crippen molar-refractivity contribution in [2.75, 3.05) is 0 Å². The smallest absolute Gasteiger partial charge is 0.346 e. The zero-order valence-electron chi connectivity index (χ0n) is 18.5. The van der Waals surface area contributed by atoms with E-state index in [-0.39, 0.29) is 11.6 Å². The van der Waals surface area contributed by atoms with Gasteiger partial charge < -0.3 is 4.42 Å². The molecular weight excluding hydrogens is 468 g/mol. The second kappa shape index (κ2) is 7.95. The van der Waals surface area contributed by atoms with Gasteiger partial charge in [0.1, 0.15) is 5.58 Å². The fourth-order valence-corrected chi connectivity index (χ4v) is 4.42. The number of benzene rings is 2. The van der Waals surface area contributed by atoms with Crippen molar-refractivity contribution in [1.82, 2.24) is 29.6 Å². The lowest BCUT2D eigenvalue weighted by molar-refractivity contribution is 0.563. The summed E-state index contributed by atoms with van der Waals surface area (Å²) in [7, 11) is 0. The number of aryl methyl sites for hydroxylation is 2. The minimum atomic E-state index is -0.512. The molecular formula is C23H16N8O3S.